The summed E-state index contributed by atoms with van der Waals surface area (Å²) < 4.78 is 0. The molecule has 1 rings (SSSR count). The molecule has 0 spiro atoms. The van der Waals surface area contributed by atoms with Crippen molar-refractivity contribution in [3.05, 3.63) is 30.3 Å². The Labute approximate surface area is 113 Å². The highest BCUT2D eigenvalue weighted by Crippen LogP contribution is 2.14. The molecule has 1 N–H and O–H groups in total. The van der Waals surface area contributed by atoms with E-state index in [4.69, 9.17) is 0 Å². The Morgan fingerprint density at radius 2 is 1.94 bits per heavy atom. The number of alkyl halides is 2. The fourth-order valence-electron chi connectivity index (χ4n) is 1.29. The van der Waals surface area contributed by atoms with Crippen LogP contribution >= 0.6 is 31.9 Å². The second-order valence-electron chi connectivity index (χ2n) is 3.51. The number of carbonyl (C=O) groups is 1. The quantitative estimate of drug-likeness (QED) is 0.612. The summed E-state index contributed by atoms with van der Waals surface area (Å²) in [6, 6.07) is 9.51. The van der Waals surface area contributed by atoms with Gasteiger partial charge in [-0.25, -0.2) is 0 Å². The Bertz CT molecular complexity index is 316. The Balaban J connectivity index is 2.34. The molecule has 1 aromatic rings. The summed E-state index contributed by atoms with van der Waals surface area (Å²) in [6.45, 7) is 0. The molecule has 0 aromatic heterocycles. The summed E-state index contributed by atoms with van der Waals surface area (Å²) in [7, 11) is 0. The number of rotatable bonds is 6. The molecule has 1 aromatic carbocycles. The van der Waals surface area contributed by atoms with E-state index in [1.54, 1.807) is 0 Å². The summed E-state index contributed by atoms with van der Waals surface area (Å²) in [4.78, 5) is 11.6. The fourth-order valence-corrected chi connectivity index (χ4v) is 2.13. The van der Waals surface area contributed by atoms with Crippen molar-refractivity contribution in [1.29, 1.82) is 0 Å². The zero-order valence-electron chi connectivity index (χ0n) is 8.96. The molecule has 4 heteroatoms. The van der Waals surface area contributed by atoms with Crippen molar-refractivity contribution in [2.45, 2.75) is 24.1 Å². The van der Waals surface area contributed by atoms with Crippen molar-refractivity contribution in [2.75, 3.05) is 10.6 Å². The molecule has 0 aliphatic rings. The molecule has 0 saturated carbocycles. The van der Waals surface area contributed by atoms with Crippen molar-refractivity contribution >= 4 is 43.5 Å². The summed E-state index contributed by atoms with van der Waals surface area (Å²) in [5.41, 5.74) is 0.845. The normalized spacial score (nSPS) is 12.1. The standard InChI is InChI=1S/C12H15Br2NO/c13-9-5-4-8-11(14)12(16)15-10-6-2-1-3-7-10/h1-3,6-7,11H,4-5,8-9H2,(H,15,16). The lowest BCUT2D eigenvalue weighted by molar-refractivity contribution is -0.115. The second kappa shape index (κ2) is 7.85. The van der Waals surface area contributed by atoms with Crippen LogP contribution in [0.15, 0.2) is 30.3 Å². The number of amides is 1. The Morgan fingerprint density at radius 3 is 2.56 bits per heavy atom. The van der Waals surface area contributed by atoms with Crippen LogP contribution in [0.25, 0.3) is 0 Å². The minimum Gasteiger partial charge on any atom is -0.325 e. The largest absolute Gasteiger partial charge is 0.325 e. The first kappa shape index (κ1) is 13.7. The van der Waals surface area contributed by atoms with Gasteiger partial charge in [0.1, 0.15) is 0 Å². The van der Waals surface area contributed by atoms with E-state index in [9.17, 15) is 4.79 Å². The number of para-hydroxylation sites is 1. The highest BCUT2D eigenvalue weighted by Gasteiger charge is 2.13. The van der Waals surface area contributed by atoms with Crippen LogP contribution in [0.2, 0.25) is 0 Å². The van der Waals surface area contributed by atoms with E-state index in [2.05, 4.69) is 37.2 Å². The average Bonchev–Trinajstić information content (AvgIpc) is 2.30. The SMILES string of the molecule is O=C(Nc1ccccc1)C(Br)CCCCBr. The van der Waals surface area contributed by atoms with Gasteiger partial charge in [-0.1, -0.05) is 56.5 Å². The molecule has 0 heterocycles. The number of hydrogen-bond donors (Lipinski definition) is 1. The van der Waals surface area contributed by atoms with Gasteiger partial charge in [0, 0.05) is 11.0 Å². The number of benzene rings is 1. The van der Waals surface area contributed by atoms with Crippen LogP contribution < -0.4 is 5.32 Å². The molecule has 0 aliphatic heterocycles. The molecular weight excluding hydrogens is 334 g/mol. The lowest BCUT2D eigenvalue weighted by Gasteiger charge is -2.10. The molecule has 16 heavy (non-hydrogen) atoms. The van der Waals surface area contributed by atoms with Gasteiger partial charge < -0.3 is 5.32 Å². The second-order valence-corrected chi connectivity index (χ2v) is 5.41. The van der Waals surface area contributed by atoms with Gasteiger partial charge in [-0.05, 0) is 25.0 Å². The van der Waals surface area contributed by atoms with Crippen LogP contribution in [0.5, 0.6) is 0 Å². The highest BCUT2D eigenvalue weighted by atomic mass is 79.9. The smallest absolute Gasteiger partial charge is 0.238 e. The minimum atomic E-state index is -0.105. The van der Waals surface area contributed by atoms with Gasteiger partial charge in [0.25, 0.3) is 0 Å². The molecule has 1 atom stereocenters. The minimum absolute atomic E-state index is 0.0285. The number of carbonyl (C=O) groups excluding carboxylic acids is 1. The first-order chi connectivity index (χ1) is 7.74. The summed E-state index contributed by atoms with van der Waals surface area (Å²) in [6.07, 6.45) is 3.01. The monoisotopic (exact) mass is 347 g/mol. The van der Waals surface area contributed by atoms with Crippen molar-refractivity contribution in [1.82, 2.24) is 0 Å². The molecule has 0 aliphatic carbocycles. The van der Waals surface area contributed by atoms with Crippen molar-refractivity contribution in [2.24, 2.45) is 0 Å². The molecule has 88 valence electrons. The highest BCUT2D eigenvalue weighted by molar-refractivity contribution is 9.10. The third-order valence-corrected chi connectivity index (χ3v) is 3.60. The van der Waals surface area contributed by atoms with Crippen LogP contribution in [0, 0.1) is 0 Å². The molecule has 0 bridgehead atoms. The predicted molar refractivity (Wildman–Crippen MR) is 75.4 cm³/mol. The van der Waals surface area contributed by atoms with E-state index in [0.717, 1.165) is 30.3 Å². The van der Waals surface area contributed by atoms with Gasteiger partial charge >= 0.3 is 0 Å². The van der Waals surface area contributed by atoms with Gasteiger partial charge in [-0.15, -0.1) is 0 Å². The van der Waals surface area contributed by atoms with E-state index in [1.807, 2.05) is 30.3 Å². The number of hydrogen-bond acceptors (Lipinski definition) is 1. The third-order valence-electron chi connectivity index (χ3n) is 2.17. The molecule has 1 amide bonds. The van der Waals surface area contributed by atoms with Crippen LogP contribution in [0.3, 0.4) is 0 Å². The van der Waals surface area contributed by atoms with Gasteiger partial charge in [0.15, 0.2) is 0 Å². The summed E-state index contributed by atoms with van der Waals surface area (Å²) in [5.74, 6) is 0.0285. The topological polar surface area (TPSA) is 29.1 Å². The van der Waals surface area contributed by atoms with Gasteiger partial charge in [-0.3, -0.25) is 4.79 Å². The first-order valence-electron chi connectivity index (χ1n) is 5.30. The Kier molecular flexibility index (Phi) is 6.73. The van der Waals surface area contributed by atoms with Crippen molar-refractivity contribution in [3.63, 3.8) is 0 Å². The predicted octanol–water partition coefficient (Wildman–Crippen LogP) is 3.95. The van der Waals surface area contributed by atoms with E-state index in [0.29, 0.717) is 0 Å². The lowest BCUT2D eigenvalue weighted by Crippen LogP contribution is -2.22. The summed E-state index contributed by atoms with van der Waals surface area (Å²) >= 11 is 6.78. The first-order valence-corrected chi connectivity index (χ1v) is 7.33. The van der Waals surface area contributed by atoms with Crippen molar-refractivity contribution < 1.29 is 4.79 Å². The van der Waals surface area contributed by atoms with E-state index >= 15 is 0 Å². The number of unbranched alkanes of at least 4 members (excludes halogenated alkanes) is 1. The van der Waals surface area contributed by atoms with Crippen LogP contribution in [0.1, 0.15) is 19.3 Å². The van der Waals surface area contributed by atoms with Crippen LogP contribution in [-0.2, 0) is 4.79 Å². The zero-order valence-corrected chi connectivity index (χ0v) is 12.1. The molecule has 0 fully saturated rings. The number of halogens is 2. The lowest BCUT2D eigenvalue weighted by atomic mass is 10.2. The van der Waals surface area contributed by atoms with Gasteiger partial charge in [-0.2, -0.15) is 0 Å². The Morgan fingerprint density at radius 1 is 1.25 bits per heavy atom. The van der Waals surface area contributed by atoms with E-state index in [-0.39, 0.29) is 10.7 Å². The van der Waals surface area contributed by atoms with E-state index in [1.165, 1.54) is 0 Å². The molecular formula is C12H15Br2NO. The van der Waals surface area contributed by atoms with Crippen LogP contribution in [0.4, 0.5) is 5.69 Å². The fraction of sp³-hybridized carbons (Fsp3) is 0.417. The maximum atomic E-state index is 11.7. The third kappa shape index (κ3) is 5.12. The van der Waals surface area contributed by atoms with Gasteiger partial charge in [0.05, 0.1) is 4.83 Å². The molecule has 0 radical (unpaired) electrons. The molecule has 0 saturated heterocycles. The zero-order chi connectivity index (χ0) is 11.8. The Hall–Kier alpha value is -0.350. The van der Waals surface area contributed by atoms with Gasteiger partial charge in [0.2, 0.25) is 5.91 Å². The summed E-state index contributed by atoms with van der Waals surface area (Å²) in [5, 5.41) is 3.86. The van der Waals surface area contributed by atoms with E-state index < -0.39 is 0 Å². The van der Waals surface area contributed by atoms with Crippen molar-refractivity contribution in [3.8, 4) is 0 Å². The maximum Gasteiger partial charge on any atom is 0.238 e. The van der Waals surface area contributed by atoms with Crippen LogP contribution in [-0.4, -0.2) is 16.1 Å². The number of nitrogens with one attached hydrogen (secondary N) is 1. The molecule has 1 unspecified atom stereocenters. The molecule has 2 nitrogen and oxygen atoms in total. The average molecular weight is 349 g/mol. The maximum absolute atomic E-state index is 11.7. The number of anilines is 1.